The summed E-state index contributed by atoms with van der Waals surface area (Å²) in [6.45, 7) is 8.39. The molecule has 0 unspecified atom stereocenters. The maximum Gasteiger partial charge on any atom is 0.0366 e. The molecule has 1 aromatic heterocycles. The third-order valence-electron chi connectivity index (χ3n) is 3.27. The molecule has 0 amide bonds. The second kappa shape index (κ2) is 9.01. The van der Waals surface area contributed by atoms with Gasteiger partial charge in [-0.25, -0.2) is 0 Å². The molecule has 0 saturated carbocycles. The lowest BCUT2D eigenvalue weighted by molar-refractivity contribution is 0.701. The summed E-state index contributed by atoms with van der Waals surface area (Å²) < 4.78 is 0. The van der Waals surface area contributed by atoms with Crippen LogP contribution in [0.3, 0.4) is 0 Å². The molecule has 110 valence electrons. The Morgan fingerprint density at radius 3 is 2.25 bits per heavy atom. The second-order valence-corrected chi connectivity index (χ2v) is 5.55. The Labute approximate surface area is 132 Å². The molecule has 0 aliphatic rings. The number of nitrogens with one attached hydrogen (secondary N) is 1. The normalized spacial score (nSPS) is 10.1. The molecule has 2 rings (SSSR count). The topological polar surface area (TPSA) is 15.3 Å². The number of anilines is 1. The largest absolute Gasteiger partial charge is 0.372 e. The van der Waals surface area contributed by atoms with Crippen LogP contribution in [0.25, 0.3) is 0 Å². The quantitative estimate of drug-likeness (QED) is 0.820. The molecule has 0 aliphatic carbocycles. The van der Waals surface area contributed by atoms with Gasteiger partial charge in [0.2, 0.25) is 0 Å². The molecule has 0 spiro atoms. The summed E-state index contributed by atoms with van der Waals surface area (Å²) in [6.07, 6.45) is 0. The highest BCUT2D eigenvalue weighted by atomic mass is 35.5. The summed E-state index contributed by atoms with van der Waals surface area (Å²) in [5, 5.41) is 5.60. The fraction of sp³-hybridized carbons (Fsp3) is 0.375. The van der Waals surface area contributed by atoms with Crippen LogP contribution in [0.1, 0.15) is 24.3 Å². The van der Waals surface area contributed by atoms with Crippen molar-refractivity contribution in [2.75, 3.05) is 18.0 Å². The molecule has 0 bridgehead atoms. The minimum atomic E-state index is 0. The van der Waals surface area contributed by atoms with E-state index in [1.54, 1.807) is 11.3 Å². The van der Waals surface area contributed by atoms with Crippen molar-refractivity contribution < 1.29 is 0 Å². The highest BCUT2D eigenvalue weighted by Crippen LogP contribution is 2.15. The van der Waals surface area contributed by atoms with Gasteiger partial charge < -0.3 is 10.2 Å². The van der Waals surface area contributed by atoms with Gasteiger partial charge in [-0.3, -0.25) is 0 Å². The summed E-state index contributed by atoms with van der Waals surface area (Å²) in [7, 11) is 0. The number of benzene rings is 1. The smallest absolute Gasteiger partial charge is 0.0366 e. The predicted molar refractivity (Wildman–Crippen MR) is 92.1 cm³/mol. The van der Waals surface area contributed by atoms with E-state index in [9.17, 15) is 0 Å². The van der Waals surface area contributed by atoms with Gasteiger partial charge >= 0.3 is 0 Å². The van der Waals surface area contributed by atoms with Crippen molar-refractivity contribution in [2.45, 2.75) is 26.9 Å². The molecule has 0 saturated heterocycles. The molecule has 0 fully saturated rings. The minimum absolute atomic E-state index is 0. The van der Waals surface area contributed by atoms with E-state index in [1.807, 2.05) is 0 Å². The van der Waals surface area contributed by atoms with Gasteiger partial charge in [0.25, 0.3) is 0 Å². The summed E-state index contributed by atoms with van der Waals surface area (Å²) in [5.74, 6) is 0. The number of rotatable bonds is 7. The van der Waals surface area contributed by atoms with Gasteiger partial charge in [0.1, 0.15) is 0 Å². The lowest BCUT2D eigenvalue weighted by Crippen LogP contribution is -2.21. The van der Waals surface area contributed by atoms with Crippen molar-refractivity contribution in [1.82, 2.24) is 5.32 Å². The summed E-state index contributed by atoms with van der Waals surface area (Å²) >= 11 is 1.80. The van der Waals surface area contributed by atoms with E-state index in [1.165, 1.54) is 16.1 Å². The molecule has 0 radical (unpaired) electrons. The van der Waals surface area contributed by atoms with Gasteiger partial charge in [0.15, 0.2) is 0 Å². The van der Waals surface area contributed by atoms with Crippen molar-refractivity contribution in [3.63, 3.8) is 0 Å². The first-order chi connectivity index (χ1) is 9.33. The van der Waals surface area contributed by atoms with Crippen molar-refractivity contribution >= 4 is 29.4 Å². The van der Waals surface area contributed by atoms with Gasteiger partial charge in [-0.2, -0.15) is 0 Å². The lowest BCUT2D eigenvalue weighted by Gasteiger charge is -2.21. The maximum absolute atomic E-state index is 3.48. The molecular formula is C16H23ClN2S. The molecule has 2 aromatic rings. The zero-order chi connectivity index (χ0) is 13.5. The third kappa shape index (κ3) is 4.82. The van der Waals surface area contributed by atoms with E-state index < -0.39 is 0 Å². The molecule has 1 N–H and O–H groups in total. The van der Waals surface area contributed by atoms with Crippen LogP contribution in [0.2, 0.25) is 0 Å². The summed E-state index contributed by atoms with van der Waals surface area (Å²) in [5.41, 5.74) is 2.65. The first-order valence-electron chi connectivity index (χ1n) is 6.90. The Morgan fingerprint density at radius 2 is 1.70 bits per heavy atom. The Kier molecular flexibility index (Phi) is 7.67. The van der Waals surface area contributed by atoms with Crippen LogP contribution in [0.5, 0.6) is 0 Å². The Balaban J connectivity index is 0.00000200. The number of hydrogen-bond acceptors (Lipinski definition) is 3. The zero-order valence-corrected chi connectivity index (χ0v) is 13.8. The number of hydrogen-bond donors (Lipinski definition) is 1. The molecule has 1 heterocycles. The Bertz CT molecular complexity index is 464. The number of nitrogens with zero attached hydrogens (tertiary/aromatic N) is 1. The SMILES string of the molecule is CCN(CC)c1ccc(CNCc2cccs2)cc1.Cl. The van der Waals surface area contributed by atoms with E-state index in [4.69, 9.17) is 0 Å². The molecule has 0 aliphatic heterocycles. The molecule has 1 aromatic carbocycles. The molecule has 20 heavy (non-hydrogen) atoms. The average Bonchev–Trinajstić information content (AvgIpc) is 2.95. The van der Waals surface area contributed by atoms with E-state index in [2.05, 4.69) is 65.8 Å². The van der Waals surface area contributed by atoms with E-state index in [0.29, 0.717) is 0 Å². The van der Waals surface area contributed by atoms with Crippen molar-refractivity contribution in [3.05, 3.63) is 52.2 Å². The van der Waals surface area contributed by atoms with Crippen molar-refractivity contribution in [1.29, 1.82) is 0 Å². The average molecular weight is 311 g/mol. The fourth-order valence-corrected chi connectivity index (χ4v) is 2.83. The van der Waals surface area contributed by atoms with Crippen LogP contribution >= 0.6 is 23.7 Å². The lowest BCUT2D eigenvalue weighted by atomic mass is 10.2. The van der Waals surface area contributed by atoms with Gasteiger partial charge in [-0.05, 0) is 43.0 Å². The van der Waals surface area contributed by atoms with Gasteiger partial charge in [-0.15, -0.1) is 23.7 Å². The predicted octanol–water partition coefficient (Wildman–Crippen LogP) is 4.31. The summed E-state index contributed by atoms with van der Waals surface area (Å²) in [6, 6.07) is 13.1. The van der Waals surface area contributed by atoms with Gasteiger partial charge in [0, 0.05) is 36.7 Å². The second-order valence-electron chi connectivity index (χ2n) is 4.52. The van der Waals surface area contributed by atoms with Crippen LogP contribution in [-0.4, -0.2) is 13.1 Å². The Morgan fingerprint density at radius 1 is 1.00 bits per heavy atom. The molecule has 4 heteroatoms. The highest BCUT2D eigenvalue weighted by molar-refractivity contribution is 7.09. The van der Waals surface area contributed by atoms with E-state index >= 15 is 0 Å². The maximum atomic E-state index is 3.48. The van der Waals surface area contributed by atoms with Crippen LogP contribution < -0.4 is 10.2 Å². The minimum Gasteiger partial charge on any atom is -0.372 e. The monoisotopic (exact) mass is 310 g/mol. The fourth-order valence-electron chi connectivity index (χ4n) is 2.16. The standard InChI is InChI=1S/C16H22N2S.ClH/c1-3-18(4-2)15-9-7-14(8-10-15)12-17-13-16-6-5-11-19-16;/h5-11,17H,3-4,12-13H2,1-2H3;1H. The zero-order valence-electron chi connectivity index (χ0n) is 12.1. The first kappa shape index (κ1) is 17.0. The first-order valence-corrected chi connectivity index (χ1v) is 7.78. The number of halogens is 1. The van der Waals surface area contributed by atoms with Crippen molar-refractivity contribution in [3.8, 4) is 0 Å². The van der Waals surface area contributed by atoms with Gasteiger partial charge in [-0.1, -0.05) is 18.2 Å². The van der Waals surface area contributed by atoms with Crippen LogP contribution in [0.4, 0.5) is 5.69 Å². The van der Waals surface area contributed by atoms with Crippen LogP contribution in [0.15, 0.2) is 41.8 Å². The van der Waals surface area contributed by atoms with E-state index in [0.717, 1.165) is 26.2 Å². The molecule has 2 nitrogen and oxygen atoms in total. The highest BCUT2D eigenvalue weighted by Gasteiger charge is 2.01. The van der Waals surface area contributed by atoms with Crippen LogP contribution in [-0.2, 0) is 13.1 Å². The van der Waals surface area contributed by atoms with E-state index in [-0.39, 0.29) is 12.4 Å². The van der Waals surface area contributed by atoms with Crippen LogP contribution in [0, 0.1) is 0 Å². The number of thiophene rings is 1. The third-order valence-corrected chi connectivity index (χ3v) is 4.15. The molecule has 0 atom stereocenters. The Hall–Kier alpha value is -1.03. The summed E-state index contributed by atoms with van der Waals surface area (Å²) in [4.78, 5) is 3.75. The van der Waals surface area contributed by atoms with Crippen molar-refractivity contribution in [2.24, 2.45) is 0 Å². The molecular weight excluding hydrogens is 288 g/mol. The van der Waals surface area contributed by atoms with Gasteiger partial charge in [0.05, 0.1) is 0 Å².